The monoisotopic (exact) mass is 534 g/mol. The Labute approximate surface area is 226 Å². The van der Waals surface area contributed by atoms with Gasteiger partial charge in [-0.1, -0.05) is 38.4 Å². The van der Waals surface area contributed by atoms with Crippen LogP contribution in [0.2, 0.25) is 25.7 Å². The highest BCUT2D eigenvalue weighted by atomic mass is 28.3. The third kappa shape index (κ3) is 5.93. The average Bonchev–Trinajstić information content (AvgIpc) is 3.29. The molecule has 10 heteroatoms. The second kappa shape index (κ2) is 10.4. The van der Waals surface area contributed by atoms with Crippen molar-refractivity contribution in [3.63, 3.8) is 0 Å². The number of nitrogens with zero attached hydrogens (tertiary/aromatic N) is 3. The Balaban J connectivity index is 1.78. The minimum atomic E-state index is -1.21. The van der Waals surface area contributed by atoms with E-state index in [9.17, 15) is 4.79 Å². The second-order valence-corrected chi connectivity index (χ2v) is 17.8. The molecule has 1 saturated heterocycles. The number of carbonyl (C=O) groups is 1. The smallest absolute Gasteiger partial charge is 0.399 e. The first-order chi connectivity index (χ1) is 17.7. The highest BCUT2D eigenvalue weighted by molar-refractivity contribution is 6.76. The van der Waals surface area contributed by atoms with Gasteiger partial charge in [0.1, 0.15) is 18.7 Å². The summed E-state index contributed by atoms with van der Waals surface area (Å²) in [7, 11) is -1.81. The van der Waals surface area contributed by atoms with Crippen molar-refractivity contribution in [3.8, 4) is 11.3 Å². The number of rotatable bonds is 9. The first-order valence-electron chi connectivity index (χ1n) is 13.0. The summed E-state index contributed by atoms with van der Waals surface area (Å²) in [6.07, 6.45) is 3.57. The number of ether oxygens (including phenoxy) is 1. The van der Waals surface area contributed by atoms with Crippen molar-refractivity contribution in [2.75, 3.05) is 11.9 Å². The summed E-state index contributed by atoms with van der Waals surface area (Å²) >= 11 is 0. The fourth-order valence-electron chi connectivity index (χ4n) is 4.14. The number of carbonyl (C=O) groups excluding carboxylic acids is 1. The lowest BCUT2D eigenvalue weighted by Crippen LogP contribution is -2.41. The van der Waals surface area contributed by atoms with E-state index >= 15 is 0 Å². The van der Waals surface area contributed by atoms with Crippen molar-refractivity contribution in [2.45, 2.75) is 78.2 Å². The highest BCUT2D eigenvalue weighted by Crippen LogP contribution is 2.38. The Morgan fingerprint density at radius 1 is 1.16 bits per heavy atom. The van der Waals surface area contributed by atoms with Gasteiger partial charge in [-0.15, -0.1) is 0 Å². The molecule has 0 spiro atoms. The molecule has 1 N–H and O–H groups in total. The number of aromatic nitrogens is 3. The normalized spacial score (nSPS) is 16.7. The molecule has 1 fully saturated rings. The predicted molar refractivity (Wildman–Crippen MR) is 156 cm³/mol. The number of benzene rings is 1. The van der Waals surface area contributed by atoms with Crippen LogP contribution in [0.25, 0.3) is 22.3 Å². The summed E-state index contributed by atoms with van der Waals surface area (Å²) in [5, 5.41) is 3.73. The van der Waals surface area contributed by atoms with Gasteiger partial charge in [0.15, 0.2) is 0 Å². The number of nitrogens with one attached hydrogen (secondary N) is 1. The highest BCUT2D eigenvalue weighted by Gasteiger charge is 2.52. The Kier molecular flexibility index (Phi) is 7.73. The molecule has 1 aliphatic heterocycles. The Bertz CT molecular complexity index is 1350. The zero-order valence-corrected chi connectivity index (χ0v) is 24.8. The van der Waals surface area contributed by atoms with Gasteiger partial charge in [-0.25, -0.2) is 9.97 Å². The predicted octanol–water partition coefficient (Wildman–Crippen LogP) is 5.22. The van der Waals surface area contributed by atoms with E-state index in [0.29, 0.717) is 24.6 Å². The molecule has 0 aliphatic carbocycles. The van der Waals surface area contributed by atoms with Crippen LogP contribution < -0.4 is 10.8 Å². The standard InChI is InChI=1S/C28H39BN4O4Si/c1-19(2)26(34)32-21-12-10-11-20(15-21)24-23-22(29-36-27(3,4)28(5,6)37-29)16-33(25(23)31-17-30-24)18-35-13-14-38(7,8)9/h10-12,15-17H,1,13-14,18H2,2-9H3,(H,32,34). The quantitative estimate of drug-likeness (QED) is 0.230. The minimum Gasteiger partial charge on any atom is -0.399 e. The largest absolute Gasteiger partial charge is 0.497 e. The maximum Gasteiger partial charge on any atom is 0.497 e. The van der Waals surface area contributed by atoms with Crippen molar-refractivity contribution in [1.82, 2.24) is 14.5 Å². The van der Waals surface area contributed by atoms with E-state index in [4.69, 9.17) is 14.0 Å². The number of hydrogen-bond donors (Lipinski definition) is 1. The summed E-state index contributed by atoms with van der Waals surface area (Å²) in [6, 6.07) is 8.68. The molecular weight excluding hydrogens is 495 g/mol. The van der Waals surface area contributed by atoms with E-state index in [-0.39, 0.29) is 5.91 Å². The van der Waals surface area contributed by atoms with Gasteiger partial charge in [-0.3, -0.25) is 4.79 Å². The fraction of sp³-hybridized carbons (Fsp3) is 0.464. The molecule has 0 atom stereocenters. The number of fused-ring (bicyclic) bond motifs is 1. The minimum absolute atomic E-state index is 0.227. The van der Waals surface area contributed by atoms with E-state index in [2.05, 4.69) is 41.5 Å². The maximum atomic E-state index is 12.2. The second-order valence-electron chi connectivity index (χ2n) is 12.2. The molecule has 0 radical (unpaired) electrons. The summed E-state index contributed by atoms with van der Waals surface area (Å²) in [5.41, 5.74) is 3.26. The Morgan fingerprint density at radius 2 is 1.84 bits per heavy atom. The van der Waals surface area contributed by atoms with Crippen molar-refractivity contribution >= 4 is 43.3 Å². The molecule has 8 nitrogen and oxygen atoms in total. The molecule has 1 amide bonds. The van der Waals surface area contributed by atoms with E-state index < -0.39 is 26.4 Å². The zero-order chi connectivity index (χ0) is 27.9. The maximum absolute atomic E-state index is 12.2. The van der Waals surface area contributed by atoms with E-state index in [0.717, 1.165) is 33.8 Å². The van der Waals surface area contributed by atoms with Gasteiger partial charge >= 0.3 is 7.12 Å². The lowest BCUT2D eigenvalue weighted by Gasteiger charge is -2.32. The topological polar surface area (TPSA) is 87.5 Å². The summed E-state index contributed by atoms with van der Waals surface area (Å²) in [5.74, 6) is -0.227. The van der Waals surface area contributed by atoms with Crippen molar-refractivity contribution in [3.05, 3.63) is 48.9 Å². The molecule has 202 valence electrons. The summed E-state index contributed by atoms with van der Waals surface area (Å²) in [6.45, 7) is 21.6. The molecule has 4 rings (SSSR count). The molecule has 38 heavy (non-hydrogen) atoms. The third-order valence-electron chi connectivity index (χ3n) is 7.20. The fourth-order valence-corrected chi connectivity index (χ4v) is 4.90. The van der Waals surface area contributed by atoms with Crippen molar-refractivity contribution in [2.24, 2.45) is 0 Å². The van der Waals surface area contributed by atoms with Crippen LogP contribution in [-0.4, -0.2) is 53.4 Å². The number of amides is 1. The molecular formula is C28H39BN4O4Si. The third-order valence-corrected chi connectivity index (χ3v) is 8.90. The molecule has 3 heterocycles. The van der Waals surface area contributed by atoms with E-state index in [1.54, 1.807) is 13.3 Å². The van der Waals surface area contributed by atoms with Gasteiger partial charge < -0.3 is 23.9 Å². The van der Waals surface area contributed by atoms with Crippen molar-refractivity contribution < 1.29 is 18.8 Å². The first kappa shape index (κ1) is 28.2. The van der Waals surface area contributed by atoms with Crippen LogP contribution in [-0.2, 0) is 25.6 Å². The summed E-state index contributed by atoms with van der Waals surface area (Å²) in [4.78, 5) is 21.5. The van der Waals surface area contributed by atoms with Gasteiger partial charge in [0, 0.05) is 48.6 Å². The van der Waals surface area contributed by atoms with Crippen LogP contribution in [0.15, 0.2) is 48.9 Å². The van der Waals surface area contributed by atoms with Gasteiger partial charge in [0.25, 0.3) is 5.91 Å². The van der Waals surface area contributed by atoms with Gasteiger partial charge in [-0.2, -0.15) is 0 Å². The molecule has 1 aromatic carbocycles. The van der Waals surface area contributed by atoms with Crippen LogP contribution >= 0.6 is 0 Å². The lowest BCUT2D eigenvalue weighted by molar-refractivity contribution is -0.112. The zero-order valence-electron chi connectivity index (χ0n) is 23.8. The van der Waals surface area contributed by atoms with Gasteiger partial charge in [0.2, 0.25) is 0 Å². The van der Waals surface area contributed by atoms with E-state index in [1.165, 1.54) is 0 Å². The molecule has 0 unspecified atom stereocenters. The van der Waals surface area contributed by atoms with Crippen LogP contribution in [0.4, 0.5) is 5.69 Å². The van der Waals surface area contributed by atoms with Crippen LogP contribution in [0.3, 0.4) is 0 Å². The molecule has 2 aromatic heterocycles. The van der Waals surface area contributed by atoms with Gasteiger partial charge in [0.05, 0.1) is 16.9 Å². The van der Waals surface area contributed by atoms with Crippen LogP contribution in [0.1, 0.15) is 34.6 Å². The van der Waals surface area contributed by atoms with Crippen LogP contribution in [0.5, 0.6) is 0 Å². The molecule has 1 aliphatic rings. The van der Waals surface area contributed by atoms with Gasteiger partial charge in [-0.05, 0) is 52.8 Å². The SMILES string of the molecule is C=C(C)C(=O)Nc1cccc(-c2ncnc3c2c(B2OC(C)(C)C(C)(C)O2)cn3COCC[Si](C)(C)C)c1. The molecule has 0 saturated carbocycles. The summed E-state index contributed by atoms with van der Waals surface area (Å²) < 4.78 is 21.0. The number of hydrogen-bond acceptors (Lipinski definition) is 6. The molecule has 3 aromatic rings. The number of anilines is 1. The average molecular weight is 535 g/mol. The first-order valence-corrected chi connectivity index (χ1v) is 16.7. The van der Waals surface area contributed by atoms with Crippen molar-refractivity contribution in [1.29, 1.82) is 0 Å². The van der Waals surface area contributed by atoms with Crippen LogP contribution in [0, 0.1) is 0 Å². The Morgan fingerprint density at radius 3 is 2.47 bits per heavy atom. The lowest BCUT2D eigenvalue weighted by atomic mass is 9.78. The molecule has 0 bridgehead atoms. The van der Waals surface area contributed by atoms with E-state index in [1.807, 2.05) is 62.7 Å². The Hall–Kier alpha value is -2.79.